The Morgan fingerprint density at radius 3 is 2.89 bits per heavy atom. The van der Waals surface area contributed by atoms with Crippen molar-refractivity contribution < 1.29 is 14.6 Å². The van der Waals surface area contributed by atoms with Crippen molar-refractivity contribution in [2.45, 2.75) is 6.54 Å². The van der Waals surface area contributed by atoms with Gasteiger partial charge in [0.05, 0.1) is 18.8 Å². The molecule has 4 aromatic heterocycles. The van der Waals surface area contributed by atoms with Crippen LogP contribution in [0.25, 0.3) is 44.1 Å². The molecule has 5 rings (SSSR count). The van der Waals surface area contributed by atoms with Crippen LogP contribution in [-0.2, 0) is 18.4 Å². The quantitative estimate of drug-likeness (QED) is 0.503. The van der Waals surface area contributed by atoms with E-state index in [1.165, 1.54) is 0 Å². The van der Waals surface area contributed by atoms with E-state index in [4.69, 9.17) is 4.74 Å². The number of carboxylic acids is 1. The number of ether oxygens (including phenoxy) is 1. The van der Waals surface area contributed by atoms with Gasteiger partial charge in [-0.3, -0.25) is 9.48 Å². The molecule has 0 aliphatic carbocycles. The first-order valence-corrected chi connectivity index (χ1v) is 8.73. The number of aliphatic carboxylic acids is 1. The summed E-state index contributed by atoms with van der Waals surface area (Å²) in [7, 11) is 3.51. The molecule has 28 heavy (non-hydrogen) atoms. The van der Waals surface area contributed by atoms with Gasteiger partial charge in [-0.25, -0.2) is 4.98 Å². The van der Waals surface area contributed by atoms with Gasteiger partial charge in [0.15, 0.2) is 0 Å². The van der Waals surface area contributed by atoms with Crippen LogP contribution in [0.5, 0.6) is 5.75 Å². The lowest BCUT2D eigenvalue weighted by Crippen LogP contribution is -2.07. The van der Waals surface area contributed by atoms with Crippen molar-refractivity contribution in [1.29, 1.82) is 0 Å². The van der Waals surface area contributed by atoms with Crippen LogP contribution >= 0.6 is 0 Å². The van der Waals surface area contributed by atoms with Gasteiger partial charge in [0.1, 0.15) is 17.9 Å². The zero-order valence-corrected chi connectivity index (χ0v) is 15.3. The standard InChI is InChI=1S/C20H17N5O3/c1-24-19-11(8-22-24)7-21-20-14(19)6-16(23-20)15-9-25(10-18(26)27)17-4-3-12(28-2)5-13(15)17/h3-9H,10H2,1-2H3,(H,21,23)(H,26,27). The Kier molecular flexibility index (Phi) is 3.42. The van der Waals surface area contributed by atoms with Crippen LogP contribution in [0.1, 0.15) is 0 Å². The molecule has 4 heterocycles. The fraction of sp³-hybridized carbons (Fsp3) is 0.150. The fourth-order valence-corrected chi connectivity index (χ4v) is 3.78. The van der Waals surface area contributed by atoms with Crippen LogP contribution in [0.4, 0.5) is 0 Å². The molecule has 2 N–H and O–H groups in total. The maximum atomic E-state index is 11.3. The highest BCUT2D eigenvalue weighted by Crippen LogP contribution is 2.35. The minimum Gasteiger partial charge on any atom is -0.497 e. The summed E-state index contributed by atoms with van der Waals surface area (Å²) >= 11 is 0. The van der Waals surface area contributed by atoms with Gasteiger partial charge < -0.3 is 19.4 Å². The molecular weight excluding hydrogens is 358 g/mol. The summed E-state index contributed by atoms with van der Waals surface area (Å²) in [5, 5.41) is 16.4. The second-order valence-electron chi connectivity index (χ2n) is 6.72. The van der Waals surface area contributed by atoms with Crippen LogP contribution in [-0.4, -0.2) is 42.5 Å². The SMILES string of the molecule is COc1ccc2c(c1)c(-c1cc3c(ncc4cnn(C)c43)[nH]1)cn2CC(=O)O. The number of nitrogens with zero attached hydrogens (tertiary/aromatic N) is 4. The molecule has 0 fully saturated rings. The van der Waals surface area contributed by atoms with Gasteiger partial charge in [0.2, 0.25) is 0 Å². The molecule has 0 saturated carbocycles. The van der Waals surface area contributed by atoms with Crippen molar-refractivity contribution >= 4 is 38.8 Å². The number of nitrogens with one attached hydrogen (secondary N) is 1. The van der Waals surface area contributed by atoms with E-state index in [0.29, 0.717) is 5.75 Å². The van der Waals surface area contributed by atoms with Crippen LogP contribution < -0.4 is 4.74 Å². The average molecular weight is 375 g/mol. The summed E-state index contributed by atoms with van der Waals surface area (Å²) in [6.07, 6.45) is 5.43. The third-order valence-electron chi connectivity index (χ3n) is 5.04. The minimum absolute atomic E-state index is 0.118. The molecule has 140 valence electrons. The Balaban J connectivity index is 1.79. The normalized spacial score (nSPS) is 11.6. The Labute approximate surface area is 159 Å². The molecule has 0 unspecified atom stereocenters. The number of pyridine rings is 1. The van der Waals surface area contributed by atoms with Gasteiger partial charge >= 0.3 is 5.97 Å². The molecule has 8 nitrogen and oxygen atoms in total. The molecule has 0 atom stereocenters. The smallest absolute Gasteiger partial charge is 0.323 e. The number of aryl methyl sites for hydroxylation is 1. The maximum Gasteiger partial charge on any atom is 0.323 e. The highest BCUT2D eigenvalue weighted by molar-refractivity contribution is 6.06. The summed E-state index contributed by atoms with van der Waals surface area (Å²) in [6.45, 7) is -0.118. The summed E-state index contributed by atoms with van der Waals surface area (Å²) in [5.41, 5.74) is 4.34. The van der Waals surface area contributed by atoms with Crippen LogP contribution in [0.15, 0.2) is 42.9 Å². The number of benzene rings is 1. The number of carbonyl (C=O) groups is 1. The summed E-state index contributed by atoms with van der Waals surface area (Å²) in [4.78, 5) is 19.2. The van der Waals surface area contributed by atoms with E-state index in [9.17, 15) is 9.90 Å². The number of hydrogen-bond donors (Lipinski definition) is 2. The third kappa shape index (κ3) is 2.34. The third-order valence-corrected chi connectivity index (χ3v) is 5.04. The lowest BCUT2D eigenvalue weighted by atomic mass is 10.1. The number of aromatic amines is 1. The molecule has 1 aromatic carbocycles. The number of fused-ring (bicyclic) bond motifs is 4. The number of H-pyrrole nitrogens is 1. The van der Waals surface area contributed by atoms with Gasteiger partial charge in [-0.2, -0.15) is 5.10 Å². The predicted octanol–water partition coefficient (Wildman–Crippen LogP) is 3.16. The van der Waals surface area contributed by atoms with E-state index in [-0.39, 0.29) is 6.54 Å². The Morgan fingerprint density at radius 2 is 2.11 bits per heavy atom. The van der Waals surface area contributed by atoms with E-state index < -0.39 is 5.97 Å². The van der Waals surface area contributed by atoms with Gasteiger partial charge in [0.25, 0.3) is 0 Å². The molecule has 0 saturated heterocycles. The highest BCUT2D eigenvalue weighted by atomic mass is 16.5. The van der Waals surface area contributed by atoms with Gasteiger partial charge in [0, 0.05) is 52.4 Å². The largest absolute Gasteiger partial charge is 0.497 e. The zero-order valence-electron chi connectivity index (χ0n) is 15.3. The number of carboxylic acid groups (broad SMARTS) is 1. The van der Waals surface area contributed by atoms with Crippen molar-refractivity contribution in [3.8, 4) is 17.0 Å². The lowest BCUT2D eigenvalue weighted by Gasteiger charge is -2.03. The molecule has 5 aromatic rings. The van der Waals surface area contributed by atoms with Crippen molar-refractivity contribution in [3.05, 3.63) is 42.9 Å². The van der Waals surface area contributed by atoms with E-state index in [1.807, 2.05) is 42.2 Å². The maximum absolute atomic E-state index is 11.3. The van der Waals surface area contributed by atoms with E-state index >= 15 is 0 Å². The van der Waals surface area contributed by atoms with Gasteiger partial charge in [-0.15, -0.1) is 0 Å². The molecule has 0 bridgehead atoms. The molecule has 0 radical (unpaired) electrons. The lowest BCUT2D eigenvalue weighted by molar-refractivity contribution is -0.137. The molecular formula is C20H17N5O3. The first-order valence-electron chi connectivity index (χ1n) is 8.73. The van der Waals surface area contributed by atoms with E-state index in [0.717, 1.165) is 44.1 Å². The second kappa shape index (κ2) is 5.85. The topological polar surface area (TPSA) is 98.0 Å². The highest BCUT2D eigenvalue weighted by Gasteiger charge is 2.17. The van der Waals surface area contributed by atoms with E-state index in [2.05, 4.69) is 15.1 Å². The van der Waals surface area contributed by atoms with Crippen molar-refractivity contribution in [2.24, 2.45) is 7.05 Å². The molecule has 8 heteroatoms. The van der Waals surface area contributed by atoms with E-state index in [1.54, 1.807) is 24.1 Å². The van der Waals surface area contributed by atoms with Crippen molar-refractivity contribution in [3.63, 3.8) is 0 Å². The van der Waals surface area contributed by atoms with Crippen LogP contribution in [0.2, 0.25) is 0 Å². The summed E-state index contributed by atoms with van der Waals surface area (Å²) < 4.78 is 8.92. The molecule has 0 amide bonds. The summed E-state index contributed by atoms with van der Waals surface area (Å²) in [5.74, 6) is -0.181. The molecule has 0 aliphatic heterocycles. The Morgan fingerprint density at radius 1 is 1.25 bits per heavy atom. The first-order chi connectivity index (χ1) is 13.5. The Bertz CT molecular complexity index is 1380. The average Bonchev–Trinajstić information content (AvgIpc) is 3.36. The number of methoxy groups -OCH3 is 1. The minimum atomic E-state index is -0.894. The Hall–Kier alpha value is -3.81. The molecule has 0 aliphatic rings. The van der Waals surface area contributed by atoms with Gasteiger partial charge in [-0.1, -0.05) is 0 Å². The second-order valence-corrected chi connectivity index (χ2v) is 6.72. The van der Waals surface area contributed by atoms with Gasteiger partial charge in [-0.05, 0) is 24.3 Å². The predicted molar refractivity (Wildman–Crippen MR) is 105 cm³/mol. The first kappa shape index (κ1) is 16.4. The van der Waals surface area contributed by atoms with Crippen molar-refractivity contribution in [2.75, 3.05) is 7.11 Å². The monoisotopic (exact) mass is 375 g/mol. The molecule has 0 spiro atoms. The zero-order chi connectivity index (χ0) is 19.4. The number of aromatic nitrogens is 5. The summed E-state index contributed by atoms with van der Waals surface area (Å²) in [6, 6.07) is 7.66. The number of hydrogen-bond acceptors (Lipinski definition) is 4. The fourth-order valence-electron chi connectivity index (χ4n) is 3.78. The van der Waals surface area contributed by atoms with Crippen molar-refractivity contribution in [1.82, 2.24) is 24.3 Å². The van der Waals surface area contributed by atoms with Crippen LogP contribution in [0.3, 0.4) is 0 Å². The number of rotatable bonds is 4. The van der Waals surface area contributed by atoms with Crippen LogP contribution in [0, 0.1) is 0 Å².